The fourth-order valence-electron chi connectivity index (χ4n) is 3.07. The maximum atomic E-state index is 6.05. The first kappa shape index (κ1) is 13.2. The van der Waals surface area contributed by atoms with E-state index in [2.05, 4.69) is 36.7 Å². The van der Waals surface area contributed by atoms with Crippen molar-refractivity contribution in [1.29, 1.82) is 0 Å². The molecule has 1 fully saturated rings. The molecule has 1 aliphatic heterocycles. The van der Waals surface area contributed by atoms with Gasteiger partial charge in [-0.05, 0) is 45.0 Å². The number of nitrogens with zero attached hydrogens (tertiary/aromatic N) is 2. The molecule has 0 amide bonds. The predicted octanol–water partition coefficient (Wildman–Crippen LogP) is 2.82. The van der Waals surface area contributed by atoms with Crippen molar-refractivity contribution in [1.82, 2.24) is 4.98 Å². The van der Waals surface area contributed by atoms with Crippen molar-refractivity contribution in [3.05, 3.63) is 30.5 Å². The largest absolute Gasteiger partial charge is 0.398 e. The number of anilines is 2. The van der Waals surface area contributed by atoms with Gasteiger partial charge in [-0.3, -0.25) is 4.98 Å². The zero-order chi connectivity index (χ0) is 14.3. The summed E-state index contributed by atoms with van der Waals surface area (Å²) in [6, 6.07) is 7.98. The number of rotatable bonds is 1. The van der Waals surface area contributed by atoms with Crippen LogP contribution >= 0.6 is 0 Å². The van der Waals surface area contributed by atoms with Crippen LogP contribution in [0.25, 0.3) is 10.9 Å². The fourth-order valence-corrected chi connectivity index (χ4v) is 3.07. The highest BCUT2D eigenvalue weighted by atomic mass is 16.5. The first-order chi connectivity index (χ1) is 9.46. The molecule has 1 unspecified atom stereocenters. The fraction of sp³-hybridized carbons (Fsp3) is 0.438. The van der Waals surface area contributed by atoms with Gasteiger partial charge >= 0.3 is 0 Å². The minimum absolute atomic E-state index is 0.153. The number of morpholine rings is 1. The minimum Gasteiger partial charge on any atom is -0.398 e. The Morgan fingerprint density at radius 1 is 1.35 bits per heavy atom. The summed E-state index contributed by atoms with van der Waals surface area (Å²) < 4.78 is 5.97. The molecule has 4 heteroatoms. The Hall–Kier alpha value is -1.81. The van der Waals surface area contributed by atoms with E-state index in [1.54, 1.807) is 0 Å². The molecule has 1 aromatic carbocycles. The summed E-state index contributed by atoms with van der Waals surface area (Å²) in [6.07, 6.45) is 2.02. The standard InChI is InChI=1S/C16H21N3O/c1-11-9-19(10-16(2,3)20-11)14-7-6-13(17)12-5-4-8-18-15(12)14/h4-8,11H,9-10,17H2,1-3H3. The van der Waals surface area contributed by atoms with Crippen LogP contribution in [-0.2, 0) is 4.74 Å². The molecular weight excluding hydrogens is 250 g/mol. The molecule has 2 N–H and O–H groups in total. The third kappa shape index (κ3) is 2.31. The molecule has 0 radical (unpaired) electrons. The first-order valence-corrected chi connectivity index (χ1v) is 7.02. The number of hydrogen-bond acceptors (Lipinski definition) is 4. The van der Waals surface area contributed by atoms with Crippen molar-refractivity contribution in [2.45, 2.75) is 32.5 Å². The summed E-state index contributed by atoms with van der Waals surface area (Å²) in [6.45, 7) is 8.10. The lowest BCUT2D eigenvalue weighted by Crippen LogP contribution is -2.52. The van der Waals surface area contributed by atoms with Gasteiger partial charge in [-0.2, -0.15) is 0 Å². The molecule has 2 aromatic rings. The third-order valence-electron chi connectivity index (χ3n) is 3.69. The van der Waals surface area contributed by atoms with Crippen molar-refractivity contribution in [3.63, 3.8) is 0 Å². The molecule has 1 aliphatic rings. The molecule has 3 rings (SSSR count). The molecule has 0 aliphatic carbocycles. The molecule has 1 aromatic heterocycles. The summed E-state index contributed by atoms with van der Waals surface area (Å²) in [5.41, 5.74) is 8.78. The van der Waals surface area contributed by atoms with Crippen LogP contribution in [0.15, 0.2) is 30.5 Å². The minimum atomic E-state index is -0.153. The summed E-state index contributed by atoms with van der Waals surface area (Å²) in [7, 11) is 0. The lowest BCUT2D eigenvalue weighted by atomic mass is 10.0. The van der Waals surface area contributed by atoms with Crippen LogP contribution in [0.5, 0.6) is 0 Å². The van der Waals surface area contributed by atoms with Crippen LogP contribution in [0.1, 0.15) is 20.8 Å². The van der Waals surface area contributed by atoms with Gasteiger partial charge < -0.3 is 15.4 Å². The number of aromatic nitrogens is 1. The van der Waals surface area contributed by atoms with Crippen molar-refractivity contribution >= 4 is 22.3 Å². The van der Waals surface area contributed by atoms with Crippen molar-refractivity contribution in [3.8, 4) is 0 Å². The maximum Gasteiger partial charge on any atom is 0.0955 e. The quantitative estimate of drug-likeness (QED) is 0.810. The molecule has 1 atom stereocenters. The number of fused-ring (bicyclic) bond motifs is 1. The van der Waals surface area contributed by atoms with E-state index in [1.165, 1.54) is 0 Å². The molecule has 0 bridgehead atoms. The zero-order valence-electron chi connectivity index (χ0n) is 12.3. The molecule has 1 saturated heterocycles. The molecule has 106 valence electrons. The van der Waals surface area contributed by atoms with E-state index in [4.69, 9.17) is 10.5 Å². The van der Waals surface area contributed by atoms with E-state index in [-0.39, 0.29) is 11.7 Å². The average molecular weight is 271 g/mol. The Kier molecular flexibility index (Phi) is 3.05. The first-order valence-electron chi connectivity index (χ1n) is 7.02. The maximum absolute atomic E-state index is 6.05. The second kappa shape index (κ2) is 4.63. The summed E-state index contributed by atoms with van der Waals surface area (Å²) in [5, 5.41) is 1.02. The van der Waals surface area contributed by atoms with Gasteiger partial charge in [-0.25, -0.2) is 0 Å². The molecule has 20 heavy (non-hydrogen) atoms. The Morgan fingerprint density at radius 3 is 2.90 bits per heavy atom. The number of benzene rings is 1. The van der Waals surface area contributed by atoms with Crippen molar-refractivity contribution in [2.75, 3.05) is 23.7 Å². The third-order valence-corrected chi connectivity index (χ3v) is 3.69. The number of nitrogens with two attached hydrogens (primary N) is 1. The molecule has 0 saturated carbocycles. The highest BCUT2D eigenvalue weighted by molar-refractivity contribution is 5.98. The van der Waals surface area contributed by atoms with Crippen molar-refractivity contribution in [2.24, 2.45) is 0 Å². The van der Waals surface area contributed by atoms with Crippen LogP contribution in [-0.4, -0.2) is 29.8 Å². The number of pyridine rings is 1. The molecule has 2 heterocycles. The van der Waals surface area contributed by atoms with Crippen LogP contribution in [0.4, 0.5) is 11.4 Å². The van der Waals surface area contributed by atoms with E-state index >= 15 is 0 Å². The topological polar surface area (TPSA) is 51.4 Å². The molecule has 0 spiro atoms. The van der Waals surface area contributed by atoms with E-state index in [0.717, 1.165) is 35.4 Å². The molecular formula is C16H21N3O. The highest BCUT2D eigenvalue weighted by Gasteiger charge is 2.32. The van der Waals surface area contributed by atoms with Gasteiger partial charge in [0.1, 0.15) is 0 Å². The summed E-state index contributed by atoms with van der Waals surface area (Å²) in [4.78, 5) is 6.88. The van der Waals surface area contributed by atoms with Crippen molar-refractivity contribution < 1.29 is 4.74 Å². The lowest BCUT2D eigenvalue weighted by Gasteiger charge is -2.43. The second-order valence-corrected chi connectivity index (χ2v) is 6.14. The highest BCUT2D eigenvalue weighted by Crippen LogP contribution is 2.32. The van der Waals surface area contributed by atoms with E-state index in [9.17, 15) is 0 Å². The van der Waals surface area contributed by atoms with E-state index in [1.807, 2.05) is 24.4 Å². The SMILES string of the molecule is CC1CN(c2ccc(N)c3cccnc23)CC(C)(C)O1. The lowest BCUT2D eigenvalue weighted by molar-refractivity contribution is -0.0749. The second-order valence-electron chi connectivity index (χ2n) is 6.14. The Balaban J connectivity index is 2.08. The van der Waals surface area contributed by atoms with Gasteiger partial charge in [0.05, 0.1) is 22.9 Å². The van der Waals surface area contributed by atoms with Gasteiger partial charge in [-0.15, -0.1) is 0 Å². The van der Waals surface area contributed by atoms with Crippen LogP contribution < -0.4 is 10.6 Å². The van der Waals surface area contributed by atoms with Gasteiger partial charge in [0.25, 0.3) is 0 Å². The van der Waals surface area contributed by atoms with Crippen LogP contribution in [0, 0.1) is 0 Å². The van der Waals surface area contributed by atoms with Gasteiger partial charge in [0.15, 0.2) is 0 Å². The van der Waals surface area contributed by atoms with Gasteiger partial charge in [0.2, 0.25) is 0 Å². The zero-order valence-corrected chi connectivity index (χ0v) is 12.3. The summed E-state index contributed by atoms with van der Waals surface area (Å²) >= 11 is 0. The smallest absolute Gasteiger partial charge is 0.0955 e. The normalized spacial score (nSPS) is 22.1. The van der Waals surface area contributed by atoms with Gasteiger partial charge in [0, 0.05) is 30.4 Å². The van der Waals surface area contributed by atoms with E-state index in [0.29, 0.717) is 0 Å². The number of ether oxygens (including phenoxy) is 1. The molecule has 4 nitrogen and oxygen atoms in total. The van der Waals surface area contributed by atoms with Crippen LogP contribution in [0.2, 0.25) is 0 Å². The summed E-state index contributed by atoms with van der Waals surface area (Å²) in [5.74, 6) is 0. The number of hydrogen-bond donors (Lipinski definition) is 1. The Bertz CT molecular complexity index is 639. The monoisotopic (exact) mass is 271 g/mol. The Morgan fingerprint density at radius 2 is 2.15 bits per heavy atom. The predicted molar refractivity (Wildman–Crippen MR) is 83.0 cm³/mol. The van der Waals surface area contributed by atoms with Crippen LogP contribution in [0.3, 0.4) is 0 Å². The van der Waals surface area contributed by atoms with Gasteiger partial charge in [-0.1, -0.05) is 0 Å². The average Bonchev–Trinajstić information content (AvgIpc) is 2.37. The van der Waals surface area contributed by atoms with E-state index < -0.39 is 0 Å². The number of nitrogen functional groups attached to an aromatic ring is 1. The Labute approximate surface area is 119 Å².